The molecule has 0 saturated heterocycles. The fourth-order valence-electron chi connectivity index (χ4n) is 6.10. The Labute approximate surface area is 260 Å². The first-order valence-corrected chi connectivity index (χ1v) is 15.2. The number of fused-ring (bicyclic) bond motifs is 2. The third-order valence-corrected chi connectivity index (χ3v) is 8.40. The Morgan fingerprint density at radius 2 is 1.32 bits per heavy atom. The molecule has 2 aliphatic rings. The summed E-state index contributed by atoms with van der Waals surface area (Å²) >= 11 is 0. The molecule has 0 atom stereocenters. The lowest BCUT2D eigenvalue weighted by Crippen LogP contribution is -2.11. The van der Waals surface area contributed by atoms with Crippen LogP contribution in [0, 0.1) is 10.8 Å². The van der Waals surface area contributed by atoms with Crippen molar-refractivity contribution in [3.8, 4) is 0 Å². The molecular formula is C42H36N2. The van der Waals surface area contributed by atoms with Crippen LogP contribution in [0.5, 0.6) is 0 Å². The molecule has 2 nitrogen and oxygen atoms in total. The lowest BCUT2D eigenvalue weighted by Gasteiger charge is -2.23. The number of benzene rings is 4. The van der Waals surface area contributed by atoms with E-state index in [0.717, 1.165) is 40.7 Å². The molecule has 44 heavy (non-hydrogen) atoms. The molecule has 0 bridgehead atoms. The van der Waals surface area contributed by atoms with Gasteiger partial charge in [0.05, 0.1) is 11.4 Å². The molecule has 0 unspecified atom stereocenters. The monoisotopic (exact) mass is 568 g/mol. The Morgan fingerprint density at radius 1 is 0.705 bits per heavy atom. The fourth-order valence-corrected chi connectivity index (χ4v) is 6.10. The molecule has 0 amide bonds. The minimum atomic E-state index is 0.243. The van der Waals surface area contributed by atoms with Gasteiger partial charge in [-0.2, -0.15) is 0 Å². The Bertz CT molecular complexity index is 2070. The second kappa shape index (κ2) is 12.5. The topological polar surface area (TPSA) is 47.7 Å². The average molecular weight is 569 g/mol. The van der Waals surface area contributed by atoms with Gasteiger partial charge in [0.2, 0.25) is 0 Å². The minimum Gasteiger partial charge on any atom is -0.299 e. The lowest BCUT2D eigenvalue weighted by molar-refractivity contribution is 1.20. The van der Waals surface area contributed by atoms with Crippen LogP contribution in [0.4, 0.5) is 0 Å². The van der Waals surface area contributed by atoms with Crippen LogP contribution >= 0.6 is 0 Å². The number of allylic oxidation sites excluding steroid dienone is 15. The number of hydrogen-bond acceptors (Lipinski definition) is 2. The number of hydrogen-bond donors (Lipinski definition) is 2. The lowest BCUT2D eigenvalue weighted by atomic mass is 9.80. The van der Waals surface area contributed by atoms with Crippen LogP contribution in [0.3, 0.4) is 0 Å². The van der Waals surface area contributed by atoms with Crippen molar-refractivity contribution in [2.75, 3.05) is 0 Å². The highest BCUT2D eigenvalue weighted by atomic mass is 14.5. The van der Waals surface area contributed by atoms with Gasteiger partial charge in [-0.3, -0.25) is 10.8 Å². The quantitative estimate of drug-likeness (QED) is 0.165. The van der Waals surface area contributed by atoms with E-state index in [1.807, 2.05) is 6.08 Å². The maximum atomic E-state index is 8.12. The fraction of sp³-hybridized carbons (Fsp3) is 0.0952. The molecule has 6 rings (SSSR count). The van der Waals surface area contributed by atoms with Crippen LogP contribution in [0.25, 0.3) is 32.7 Å². The minimum absolute atomic E-state index is 0.243. The van der Waals surface area contributed by atoms with Crippen LogP contribution in [-0.2, 0) is 0 Å². The highest BCUT2D eigenvalue weighted by molar-refractivity contribution is 6.49. The van der Waals surface area contributed by atoms with E-state index in [4.69, 9.17) is 10.8 Å². The summed E-state index contributed by atoms with van der Waals surface area (Å²) < 4.78 is 0. The predicted octanol–water partition coefficient (Wildman–Crippen LogP) is 11.2. The standard InChI is InChI=1S/C42H36N2/c1-4-10-39(28(3)33-21-17-29-11-6-8-13-34(29)25-33)38(5-2)42(37-22-18-30-12-7-9-14-35(30)26-37)32-19-15-31(16-20-32)36-23-24-40(43)41(44)27-36/h5-19,21-27,43-44H,3-4,20H2,1-2H3/b38-5+,39-10-,42-32-,43-40?,44-41?. The van der Waals surface area contributed by atoms with E-state index >= 15 is 0 Å². The summed E-state index contributed by atoms with van der Waals surface area (Å²) in [7, 11) is 0. The maximum absolute atomic E-state index is 8.12. The van der Waals surface area contributed by atoms with Gasteiger partial charge in [-0.1, -0.05) is 123 Å². The van der Waals surface area contributed by atoms with Gasteiger partial charge in [0.15, 0.2) is 0 Å². The maximum Gasteiger partial charge on any atom is 0.0795 e. The van der Waals surface area contributed by atoms with E-state index < -0.39 is 0 Å². The highest BCUT2D eigenvalue weighted by Gasteiger charge is 2.21. The summed E-state index contributed by atoms with van der Waals surface area (Å²) in [6.07, 6.45) is 18.2. The van der Waals surface area contributed by atoms with Crippen molar-refractivity contribution >= 4 is 44.1 Å². The second-order valence-corrected chi connectivity index (χ2v) is 11.2. The third-order valence-electron chi connectivity index (χ3n) is 8.40. The van der Waals surface area contributed by atoms with Gasteiger partial charge in [-0.05, 0) is 116 Å². The van der Waals surface area contributed by atoms with Gasteiger partial charge in [0.25, 0.3) is 0 Å². The summed E-state index contributed by atoms with van der Waals surface area (Å²) in [6, 6.07) is 30.3. The van der Waals surface area contributed by atoms with E-state index in [9.17, 15) is 0 Å². The van der Waals surface area contributed by atoms with Crippen LogP contribution in [0.15, 0.2) is 168 Å². The molecule has 4 aromatic rings. The molecule has 2 N–H and O–H groups in total. The van der Waals surface area contributed by atoms with E-state index in [0.29, 0.717) is 0 Å². The van der Waals surface area contributed by atoms with Crippen LogP contribution in [0.2, 0.25) is 0 Å². The van der Waals surface area contributed by atoms with Crippen molar-refractivity contribution in [2.45, 2.75) is 26.7 Å². The Hall–Kier alpha value is -5.34. The third kappa shape index (κ3) is 5.67. The molecule has 0 radical (unpaired) electrons. The normalized spacial score (nSPS) is 16.8. The largest absolute Gasteiger partial charge is 0.299 e. The predicted molar refractivity (Wildman–Crippen MR) is 190 cm³/mol. The van der Waals surface area contributed by atoms with Crippen molar-refractivity contribution in [3.63, 3.8) is 0 Å². The SMILES string of the molecule is C=C(C(=C/CC)/C(=C\C)C(=C1/C=CC(C2=CC(=N)C(=N)C=C2)=CC1)/c1ccc2ccccc2c1)c1ccc2ccccc2c1. The van der Waals surface area contributed by atoms with Crippen molar-refractivity contribution in [1.82, 2.24) is 0 Å². The average Bonchev–Trinajstić information content (AvgIpc) is 3.07. The van der Waals surface area contributed by atoms with Gasteiger partial charge in [-0.15, -0.1) is 0 Å². The van der Waals surface area contributed by atoms with Gasteiger partial charge in [0.1, 0.15) is 0 Å². The molecule has 214 valence electrons. The number of rotatable bonds is 7. The van der Waals surface area contributed by atoms with Gasteiger partial charge in [-0.25, -0.2) is 0 Å². The smallest absolute Gasteiger partial charge is 0.0795 e. The van der Waals surface area contributed by atoms with E-state index in [1.54, 1.807) is 12.2 Å². The summed E-state index contributed by atoms with van der Waals surface area (Å²) in [6.45, 7) is 8.97. The van der Waals surface area contributed by atoms with Crippen LogP contribution in [-0.4, -0.2) is 11.4 Å². The van der Waals surface area contributed by atoms with Crippen molar-refractivity contribution in [1.29, 1.82) is 10.8 Å². The molecule has 0 aromatic heterocycles. The Morgan fingerprint density at radius 3 is 1.91 bits per heavy atom. The summed E-state index contributed by atoms with van der Waals surface area (Å²) in [5.74, 6) is 0. The molecule has 2 heteroatoms. The molecule has 0 spiro atoms. The molecule has 0 aliphatic heterocycles. The Balaban J connectivity index is 1.47. The molecule has 0 heterocycles. The Kier molecular flexibility index (Phi) is 8.16. The van der Waals surface area contributed by atoms with Crippen molar-refractivity contribution in [2.24, 2.45) is 0 Å². The first-order valence-electron chi connectivity index (χ1n) is 15.2. The highest BCUT2D eigenvalue weighted by Crippen LogP contribution is 2.41. The summed E-state index contributed by atoms with van der Waals surface area (Å²) in [5, 5.41) is 20.9. The van der Waals surface area contributed by atoms with Crippen LogP contribution in [0.1, 0.15) is 37.8 Å². The zero-order valence-electron chi connectivity index (χ0n) is 25.3. The van der Waals surface area contributed by atoms with E-state index in [-0.39, 0.29) is 11.4 Å². The van der Waals surface area contributed by atoms with Gasteiger partial charge >= 0.3 is 0 Å². The number of nitrogens with one attached hydrogen (secondary N) is 2. The summed E-state index contributed by atoms with van der Waals surface area (Å²) in [4.78, 5) is 0. The molecular weight excluding hydrogens is 532 g/mol. The zero-order valence-corrected chi connectivity index (χ0v) is 25.3. The molecule has 0 fully saturated rings. The van der Waals surface area contributed by atoms with Crippen molar-refractivity contribution in [3.05, 3.63) is 179 Å². The molecule has 4 aromatic carbocycles. The second-order valence-electron chi connectivity index (χ2n) is 11.2. The van der Waals surface area contributed by atoms with Crippen LogP contribution < -0.4 is 0 Å². The molecule has 2 aliphatic carbocycles. The molecule has 0 saturated carbocycles. The van der Waals surface area contributed by atoms with E-state index in [2.05, 4.69) is 136 Å². The van der Waals surface area contributed by atoms with Gasteiger partial charge < -0.3 is 0 Å². The van der Waals surface area contributed by atoms with E-state index in [1.165, 1.54) is 43.8 Å². The first kappa shape index (κ1) is 28.8. The zero-order chi connectivity index (χ0) is 30.6. The van der Waals surface area contributed by atoms with Gasteiger partial charge in [0, 0.05) is 0 Å². The van der Waals surface area contributed by atoms with Crippen molar-refractivity contribution < 1.29 is 0 Å². The first-order chi connectivity index (χ1) is 21.5. The summed E-state index contributed by atoms with van der Waals surface area (Å²) in [5.41, 5.74) is 10.6.